The fourth-order valence-electron chi connectivity index (χ4n) is 2.30. The Kier molecular flexibility index (Phi) is 4.93. The Morgan fingerprint density at radius 3 is 2.22 bits per heavy atom. The summed E-state index contributed by atoms with van der Waals surface area (Å²) in [4.78, 5) is 11.0. The third-order valence-corrected chi connectivity index (χ3v) is 5.04. The number of ether oxygens (including phenoxy) is 1. The minimum absolute atomic E-state index is 0.0113. The molecule has 1 aliphatic rings. The van der Waals surface area contributed by atoms with E-state index in [2.05, 4.69) is 12.1 Å². The predicted molar refractivity (Wildman–Crippen MR) is 92.2 cm³/mol. The van der Waals surface area contributed by atoms with Crippen molar-refractivity contribution in [2.45, 2.75) is 64.1 Å². The minimum atomic E-state index is -0.908. The lowest BCUT2D eigenvalue weighted by molar-refractivity contribution is -0.141. The number of hydrogen-bond acceptors (Lipinski definition) is 4. The molecule has 4 nitrogen and oxygen atoms in total. The summed E-state index contributed by atoms with van der Waals surface area (Å²) in [6, 6.07) is 8.27. The van der Waals surface area contributed by atoms with Crippen molar-refractivity contribution in [2.75, 3.05) is 6.61 Å². The van der Waals surface area contributed by atoms with Crippen LogP contribution < -0.4 is 5.46 Å². The molecule has 1 aromatic carbocycles. The SMILES string of the molecule is CC(=O)OCC1(c2ccc(BOC(C)(C)C(C)(C)O)cc2)CC1. The standard InChI is InChI=1S/C18H27BO4/c1-13(20)22-12-18(10-11-18)14-6-8-15(9-7-14)19-23-17(4,5)16(2,3)21/h6-9,19,21H,10-12H2,1-5H3. The van der Waals surface area contributed by atoms with E-state index < -0.39 is 11.2 Å². The molecule has 0 unspecified atom stereocenters. The molecule has 0 amide bonds. The highest BCUT2D eigenvalue weighted by molar-refractivity contribution is 6.47. The van der Waals surface area contributed by atoms with E-state index in [0.29, 0.717) is 14.1 Å². The first kappa shape index (κ1) is 18.0. The second kappa shape index (κ2) is 6.29. The van der Waals surface area contributed by atoms with Gasteiger partial charge < -0.3 is 14.5 Å². The van der Waals surface area contributed by atoms with Crippen LogP contribution in [0.2, 0.25) is 0 Å². The van der Waals surface area contributed by atoms with Gasteiger partial charge in [0.2, 0.25) is 0 Å². The summed E-state index contributed by atoms with van der Waals surface area (Å²) >= 11 is 0. The summed E-state index contributed by atoms with van der Waals surface area (Å²) in [6.07, 6.45) is 2.11. The number of rotatable bonds is 7. The highest BCUT2D eigenvalue weighted by Crippen LogP contribution is 2.48. The van der Waals surface area contributed by atoms with Gasteiger partial charge in [0.25, 0.3) is 0 Å². The molecule has 0 radical (unpaired) electrons. The van der Waals surface area contributed by atoms with Gasteiger partial charge in [-0.25, -0.2) is 0 Å². The maximum absolute atomic E-state index is 11.0. The highest BCUT2D eigenvalue weighted by atomic mass is 16.5. The molecule has 0 aliphatic heterocycles. The fraction of sp³-hybridized carbons (Fsp3) is 0.611. The number of benzene rings is 1. The summed E-state index contributed by atoms with van der Waals surface area (Å²) in [5.41, 5.74) is 0.754. The van der Waals surface area contributed by atoms with Crippen molar-refractivity contribution in [3.63, 3.8) is 0 Å². The highest BCUT2D eigenvalue weighted by Gasteiger charge is 2.45. The molecule has 2 rings (SSSR count). The van der Waals surface area contributed by atoms with Gasteiger partial charge in [-0.1, -0.05) is 29.7 Å². The van der Waals surface area contributed by atoms with Gasteiger partial charge in [0.15, 0.2) is 0 Å². The third kappa shape index (κ3) is 4.36. The lowest BCUT2D eigenvalue weighted by atomic mass is 9.81. The Morgan fingerprint density at radius 2 is 1.78 bits per heavy atom. The van der Waals surface area contributed by atoms with Crippen LogP contribution in [-0.4, -0.2) is 36.4 Å². The molecule has 1 N–H and O–H groups in total. The van der Waals surface area contributed by atoms with Crippen LogP contribution in [-0.2, 0) is 19.6 Å². The minimum Gasteiger partial charge on any atom is -0.465 e. The number of aliphatic hydroxyl groups is 1. The molecule has 0 heterocycles. The number of carbonyl (C=O) groups is 1. The zero-order valence-electron chi connectivity index (χ0n) is 14.8. The van der Waals surface area contributed by atoms with Crippen LogP contribution in [0.1, 0.15) is 53.0 Å². The van der Waals surface area contributed by atoms with Gasteiger partial charge in [-0.2, -0.15) is 0 Å². The summed E-state index contributed by atoms with van der Waals surface area (Å²) < 4.78 is 11.1. The van der Waals surface area contributed by atoms with Crippen molar-refractivity contribution < 1.29 is 19.3 Å². The quantitative estimate of drug-likeness (QED) is 0.615. The normalized spacial score (nSPS) is 16.8. The van der Waals surface area contributed by atoms with Crippen LogP contribution in [0.4, 0.5) is 0 Å². The van der Waals surface area contributed by atoms with E-state index in [-0.39, 0.29) is 11.4 Å². The number of hydrogen-bond donors (Lipinski definition) is 1. The molecule has 0 spiro atoms. The van der Waals surface area contributed by atoms with Crippen LogP contribution in [0, 0.1) is 0 Å². The Hall–Kier alpha value is -1.33. The van der Waals surface area contributed by atoms with Crippen molar-refractivity contribution in [1.29, 1.82) is 0 Å². The third-order valence-electron chi connectivity index (χ3n) is 5.04. The molecule has 1 aliphatic carbocycles. The van der Waals surface area contributed by atoms with Gasteiger partial charge in [-0.15, -0.1) is 0 Å². The molecule has 23 heavy (non-hydrogen) atoms. The average Bonchev–Trinajstić information content (AvgIpc) is 3.24. The molecule has 1 saturated carbocycles. The topological polar surface area (TPSA) is 55.8 Å². The zero-order chi connectivity index (χ0) is 17.3. The molecule has 1 aromatic rings. The Balaban J connectivity index is 1.97. The van der Waals surface area contributed by atoms with Gasteiger partial charge in [-0.05, 0) is 46.1 Å². The van der Waals surface area contributed by atoms with E-state index >= 15 is 0 Å². The van der Waals surface area contributed by atoms with Crippen molar-refractivity contribution in [1.82, 2.24) is 0 Å². The molecule has 1 fully saturated rings. The van der Waals surface area contributed by atoms with Crippen LogP contribution >= 0.6 is 0 Å². The van der Waals surface area contributed by atoms with Gasteiger partial charge in [-0.3, -0.25) is 4.79 Å². The van der Waals surface area contributed by atoms with E-state index in [4.69, 9.17) is 9.39 Å². The van der Waals surface area contributed by atoms with E-state index in [1.807, 2.05) is 26.0 Å². The van der Waals surface area contributed by atoms with Crippen LogP contribution in [0.15, 0.2) is 24.3 Å². The van der Waals surface area contributed by atoms with E-state index in [1.165, 1.54) is 12.5 Å². The van der Waals surface area contributed by atoms with Crippen molar-refractivity contribution in [3.8, 4) is 0 Å². The van der Waals surface area contributed by atoms with Crippen molar-refractivity contribution in [2.24, 2.45) is 0 Å². The van der Waals surface area contributed by atoms with Crippen LogP contribution in [0.5, 0.6) is 0 Å². The molecule has 0 saturated heterocycles. The molecule has 0 aromatic heterocycles. The zero-order valence-corrected chi connectivity index (χ0v) is 14.8. The van der Waals surface area contributed by atoms with Crippen LogP contribution in [0.25, 0.3) is 0 Å². The number of carbonyl (C=O) groups excluding carboxylic acids is 1. The first-order valence-corrected chi connectivity index (χ1v) is 8.15. The fourth-order valence-corrected chi connectivity index (χ4v) is 2.30. The van der Waals surface area contributed by atoms with Gasteiger partial charge in [0.1, 0.15) is 6.61 Å². The molecule has 0 bridgehead atoms. The summed E-state index contributed by atoms with van der Waals surface area (Å²) in [5.74, 6) is -0.227. The van der Waals surface area contributed by atoms with Gasteiger partial charge in [0, 0.05) is 12.3 Å². The second-order valence-corrected chi connectivity index (χ2v) is 7.62. The monoisotopic (exact) mass is 318 g/mol. The molecule has 126 valence electrons. The smallest absolute Gasteiger partial charge is 0.309 e. The number of esters is 1. The first-order valence-electron chi connectivity index (χ1n) is 8.15. The maximum Gasteiger partial charge on any atom is 0.309 e. The van der Waals surface area contributed by atoms with Crippen LogP contribution in [0.3, 0.4) is 0 Å². The first-order chi connectivity index (χ1) is 10.6. The molecule has 0 atom stereocenters. The van der Waals surface area contributed by atoms with Gasteiger partial charge >= 0.3 is 13.5 Å². The predicted octanol–water partition coefficient (Wildman–Crippen LogP) is 1.82. The molecular formula is C18H27BO4. The Morgan fingerprint density at radius 1 is 1.22 bits per heavy atom. The second-order valence-electron chi connectivity index (χ2n) is 7.62. The molecular weight excluding hydrogens is 291 g/mol. The van der Waals surface area contributed by atoms with Gasteiger partial charge in [0.05, 0.1) is 11.2 Å². The van der Waals surface area contributed by atoms with E-state index in [9.17, 15) is 9.90 Å². The summed E-state index contributed by atoms with van der Waals surface area (Å²) in [7, 11) is 0.453. The van der Waals surface area contributed by atoms with Crippen molar-refractivity contribution >= 4 is 18.9 Å². The van der Waals surface area contributed by atoms with Crippen molar-refractivity contribution in [3.05, 3.63) is 29.8 Å². The Labute approximate surface area is 139 Å². The van der Waals surface area contributed by atoms with E-state index in [1.54, 1.807) is 13.8 Å². The lowest BCUT2D eigenvalue weighted by Gasteiger charge is -2.37. The largest absolute Gasteiger partial charge is 0.465 e. The van der Waals surface area contributed by atoms with E-state index in [0.717, 1.165) is 18.3 Å². The average molecular weight is 318 g/mol. The Bertz CT molecular complexity index is 553. The maximum atomic E-state index is 11.0. The summed E-state index contributed by atoms with van der Waals surface area (Å²) in [6.45, 7) is 9.19. The lowest BCUT2D eigenvalue weighted by Crippen LogP contribution is -2.49. The summed E-state index contributed by atoms with van der Waals surface area (Å²) in [5, 5.41) is 10.1. The molecule has 5 heteroatoms.